The number of nitrogens with one attached hydrogen (secondary N) is 2. The minimum absolute atomic E-state index is 0.196. The molecular formula is C14H26N2O. The van der Waals surface area contributed by atoms with E-state index in [1.807, 2.05) is 0 Å². The summed E-state index contributed by atoms with van der Waals surface area (Å²) in [5.41, 5.74) is 0.274. The third-order valence-electron chi connectivity index (χ3n) is 4.49. The van der Waals surface area contributed by atoms with E-state index in [9.17, 15) is 4.79 Å². The van der Waals surface area contributed by atoms with Gasteiger partial charge in [-0.1, -0.05) is 26.7 Å². The van der Waals surface area contributed by atoms with Crippen LogP contribution in [0, 0.1) is 11.3 Å². The Hall–Kier alpha value is -0.570. The maximum atomic E-state index is 12.2. The first kappa shape index (κ1) is 12.9. The predicted molar refractivity (Wildman–Crippen MR) is 69.8 cm³/mol. The molecule has 2 atom stereocenters. The van der Waals surface area contributed by atoms with E-state index in [2.05, 4.69) is 24.5 Å². The highest BCUT2D eigenvalue weighted by molar-refractivity contribution is 5.79. The van der Waals surface area contributed by atoms with Crippen LogP contribution in [0.15, 0.2) is 0 Å². The van der Waals surface area contributed by atoms with Crippen LogP contribution >= 0.6 is 0 Å². The minimum atomic E-state index is 0.196. The van der Waals surface area contributed by atoms with Crippen molar-refractivity contribution in [3.05, 3.63) is 0 Å². The van der Waals surface area contributed by atoms with Crippen LogP contribution < -0.4 is 10.6 Å². The number of carbonyl (C=O) groups is 1. The summed E-state index contributed by atoms with van der Waals surface area (Å²) in [6.07, 6.45) is 7.14. The largest absolute Gasteiger partial charge is 0.353 e. The number of hydrogen-bond donors (Lipinski definition) is 2. The number of piperidine rings is 1. The molecule has 0 aromatic rings. The first-order valence-corrected chi connectivity index (χ1v) is 7.11. The van der Waals surface area contributed by atoms with Gasteiger partial charge in [-0.25, -0.2) is 0 Å². The molecule has 1 saturated carbocycles. The second-order valence-corrected chi connectivity index (χ2v) is 6.34. The van der Waals surface area contributed by atoms with Crippen molar-refractivity contribution < 1.29 is 4.79 Å². The third kappa shape index (κ3) is 3.21. The molecule has 3 nitrogen and oxygen atoms in total. The van der Waals surface area contributed by atoms with Gasteiger partial charge in [0.15, 0.2) is 0 Å². The number of amides is 1. The van der Waals surface area contributed by atoms with Crippen molar-refractivity contribution >= 4 is 5.91 Å². The summed E-state index contributed by atoms with van der Waals surface area (Å²) >= 11 is 0. The van der Waals surface area contributed by atoms with Crippen molar-refractivity contribution in [2.75, 3.05) is 13.1 Å². The normalized spacial score (nSPS) is 33.1. The summed E-state index contributed by atoms with van der Waals surface area (Å²) in [6, 6.07) is 0.380. The van der Waals surface area contributed by atoms with Crippen molar-refractivity contribution in [2.24, 2.45) is 11.3 Å². The van der Waals surface area contributed by atoms with E-state index in [0.29, 0.717) is 6.04 Å². The lowest BCUT2D eigenvalue weighted by Gasteiger charge is -2.40. The molecule has 1 saturated heterocycles. The van der Waals surface area contributed by atoms with Gasteiger partial charge in [0, 0.05) is 12.6 Å². The molecule has 1 heterocycles. The topological polar surface area (TPSA) is 41.1 Å². The van der Waals surface area contributed by atoms with Gasteiger partial charge in [0.2, 0.25) is 5.91 Å². The molecule has 1 unspecified atom stereocenters. The fourth-order valence-electron chi connectivity index (χ4n) is 3.13. The number of rotatable bonds is 2. The van der Waals surface area contributed by atoms with Gasteiger partial charge in [-0.3, -0.25) is 4.79 Å². The Labute approximate surface area is 105 Å². The van der Waals surface area contributed by atoms with Crippen LogP contribution in [-0.4, -0.2) is 25.0 Å². The van der Waals surface area contributed by atoms with Gasteiger partial charge in [-0.05, 0) is 37.6 Å². The van der Waals surface area contributed by atoms with Gasteiger partial charge in [-0.2, -0.15) is 0 Å². The second-order valence-electron chi connectivity index (χ2n) is 6.34. The van der Waals surface area contributed by atoms with Crippen molar-refractivity contribution in [3.63, 3.8) is 0 Å². The third-order valence-corrected chi connectivity index (χ3v) is 4.49. The molecule has 0 spiro atoms. The van der Waals surface area contributed by atoms with Crippen LogP contribution in [0.3, 0.4) is 0 Å². The highest BCUT2D eigenvalue weighted by Gasteiger charge is 2.34. The molecule has 2 rings (SSSR count). The van der Waals surface area contributed by atoms with Gasteiger partial charge >= 0.3 is 0 Å². The fourth-order valence-corrected chi connectivity index (χ4v) is 3.13. The van der Waals surface area contributed by atoms with Crippen LogP contribution in [0.4, 0.5) is 0 Å². The maximum absolute atomic E-state index is 12.2. The monoisotopic (exact) mass is 238 g/mol. The lowest BCUT2D eigenvalue weighted by atomic mass is 9.73. The number of hydrogen-bond acceptors (Lipinski definition) is 2. The molecule has 17 heavy (non-hydrogen) atoms. The molecule has 0 bridgehead atoms. The van der Waals surface area contributed by atoms with Crippen LogP contribution in [0.2, 0.25) is 0 Å². The van der Waals surface area contributed by atoms with Crippen LogP contribution in [0.25, 0.3) is 0 Å². The minimum Gasteiger partial charge on any atom is -0.353 e. The van der Waals surface area contributed by atoms with E-state index in [1.54, 1.807) is 0 Å². The zero-order valence-corrected chi connectivity index (χ0v) is 11.2. The van der Waals surface area contributed by atoms with E-state index in [1.165, 1.54) is 19.3 Å². The van der Waals surface area contributed by atoms with Gasteiger partial charge in [0.05, 0.1) is 5.92 Å². The van der Waals surface area contributed by atoms with E-state index in [-0.39, 0.29) is 17.2 Å². The van der Waals surface area contributed by atoms with E-state index in [0.717, 1.165) is 32.4 Å². The molecule has 1 aliphatic carbocycles. The SMILES string of the molecule is CC1(C)CCCCC1NC(=O)[C@@H]1CCCNC1. The summed E-state index contributed by atoms with van der Waals surface area (Å²) in [5, 5.41) is 6.61. The molecule has 2 fully saturated rings. The Balaban J connectivity index is 1.88. The number of carbonyl (C=O) groups excluding carboxylic acids is 1. The second kappa shape index (κ2) is 5.38. The predicted octanol–water partition coefficient (Wildman–Crippen LogP) is 2.07. The zero-order valence-electron chi connectivity index (χ0n) is 11.2. The molecule has 2 aliphatic rings. The molecule has 0 radical (unpaired) electrons. The van der Waals surface area contributed by atoms with E-state index in [4.69, 9.17) is 0 Å². The first-order valence-electron chi connectivity index (χ1n) is 7.11. The summed E-state index contributed by atoms with van der Waals surface area (Å²) in [5.74, 6) is 0.471. The standard InChI is InChI=1S/C14H26N2O/c1-14(2)8-4-3-7-12(14)16-13(17)11-6-5-9-15-10-11/h11-12,15H,3-10H2,1-2H3,(H,16,17)/t11-,12?/m1/s1. The quantitative estimate of drug-likeness (QED) is 0.773. The first-order chi connectivity index (χ1) is 8.09. The summed E-state index contributed by atoms with van der Waals surface area (Å²) in [6.45, 7) is 6.50. The van der Waals surface area contributed by atoms with Crippen molar-refractivity contribution in [2.45, 2.75) is 58.4 Å². The summed E-state index contributed by atoms with van der Waals surface area (Å²) < 4.78 is 0. The smallest absolute Gasteiger partial charge is 0.224 e. The molecule has 1 amide bonds. The van der Waals surface area contributed by atoms with Gasteiger partial charge in [0.1, 0.15) is 0 Å². The van der Waals surface area contributed by atoms with Crippen LogP contribution in [-0.2, 0) is 4.79 Å². The van der Waals surface area contributed by atoms with Crippen molar-refractivity contribution in [1.29, 1.82) is 0 Å². The fraction of sp³-hybridized carbons (Fsp3) is 0.929. The Kier molecular flexibility index (Phi) is 4.08. The van der Waals surface area contributed by atoms with E-state index < -0.39 is 0 Å². The Morgan fingerprint density at radius 3 is 2.71 bits per heavy atom. The van der Waals surface area contributed by atoms with Gasteiger partial charge in [0.25, 0.3) is 0 Å². The summed E-state index contributed by atoms with van der Waals surface area (Å²) in [7, 11) is 0. The van der Waals surface area contributed by atoms with Crippen molar-refractivity contribution in [1.82, 2.24) is 10.6 Å². The molecule has 98 valence electrons. The average Bonchev–Trinajstić information content (AvgIpc) is 2.33. The Bertz CT molecular complexity index is 269. The highest BCUT2D eigenvalue weighted by Crippen LogP contribution is 2.35. The molecular weight excluding hydrogens is 212 g/mol. The van der Waals surface area contributed by atoms with E-state index >= 15 is 0 Å². The van der Waals surface area contributed by atoms with Crippen LogP contribution in [0.1, 0.15) is 52.4 Å². The Morgan fingerprint density at radius 2 is 2.06 bits per heavy atom. The molecule has 3 heteroatoms. The van der Waals surface area contributed by atoms with Gasteiger partial charge < -0.3 is 10.6 Å². The highest BCUT2D eigenvalue weighted by atomic mass is 16.2. The molecule has 2 N–H and O–H groups in total. The zero-order chi connectivity index (χ0) is 12.3. The van der Waals surface area contributed by atoms with Gasteiger partial charge in [-0.15, -0.1) is 0 Å². The van der Waals surface area contributed by atoms with Crippen molar-refractivity contribution in [3.8, 4) is 0 Å². The average molecular weight is 238 g/mol. The Morgan fingerprint density at radius 1 is 1.24 bits per heavy atom. The lowest BCUT2D eigenvalue weighted by Crippen LogP contribution is -2.50. The molecule has 0 aromatic heterocycles. The van der Waals surface area contributed by atoms with Crippen LogP contribution in [0.5, 0.6) is 0 Å². The summed E-state index contributed by atoms with van der Waals surface area (Å²) in [4.78, 5) is 12.2. The molecule has 0 aromatic carbocycles. The lowest BCUT2D eigenvalue weighted by molar-refractivity contribution is -0.127. The maximum Gasteiger partial charge on any atom is 0.224 e. The molecule has 1 aliphatic heterocycles.